The van der Waals surface area contributed by atoms with Gasteiger partial charge in [-0.1, -0.05) is 0 Å². The Balaban J connectivity index is 4.71. The molecule has 1 N–H and O–H groups in total. The van der Waals surface area contributed by atoms with Crippen molar-refractivity contribution in [1.82, 2.24) is 0 Å². The van der Waals surface area contributed by atoms with Gasteiger partial charge in [0.1, 0.15) is 5.57 Å². The van der Waals surface area contributed by atoms with E-state index in [4.69, 9.17) is 5.11 Å². The molecule has 0 aromatic rings. The number of ether oxygens (including phenoxy) is 1. The first-order chi connectivity index (χ1) is 6.00. The fourth-order valence-corrected chi connectivity index (χ4v) is 0.578. The highest BCUT2D eigenvalue weighted by Crippen LogP contribution is 1.99. The van der Waals surface area contributed by atoms with Crippen LogP contribution in [0.2, 0.25) is 0 Å². The average Bonchev–Trinajstić information content (AvgIpc) is 2.04. The highest BCUT2D eigenvalue weighted by molar-refractivity contribution is 6.46. The molecule has 0 unspecified atom stereocenters. The molecule has 0 rings (SSSR count). The molecule has 0 aliphatic carbocycles. The SMILES string of the molecule is CCO/C=C(\C(C)=O)C(=O)C(=O)O. The van der Waals surface area contributed by atoms with Crippen LogP contribution in [0.3, 0.4) is 0 Å². The second-order valence-corrected chi connectivity index (χ2v) is 2.18. The van der Waals surface area contributed by atoms with Crippen LogP contribution in [0.5, 0.6) is 0 Å². The van der Waals surface area contributed by atoms with Gasteiger partial charge >= 0.3 is 5.97 Å². The van der Waals surface area contributed by atoms with Crippen molar-refractivity contribution >= 4 is 17.5 Å². The summed E-state index contributed by atoms with van der Waals surface area (Å²) in [5.74, 6) is -3.54. The van der Waals surface area contributed by atoms with Crippen LogP contribution in [0, 0.1) is 0 Å². The van der Waals surface area contributed by atoms with Crippen LogP contribution >= 0.6 is 0 Å². The molecule has 0 spiro atoms. The Morgan fingerprint density at radius 2 is 1.92 bits per heavy atom. The van der Waals surface area contributed by atoms with Crippen molar-refractivity contribution in [3.8, 4) is 0 Å². The van der Waals surface area contributed by atoms with Crippen molar-refractivity contribution in [2.24, 2.45) is 0 Å². The molecule has 0 aromatic heterocycles. The first-order valence-electron chi connectivity index (χ1n) is 3.61. The quantitative estimate of drug-likeness (QED) is 0.217. The van der Waals surface area contributed by atoms with E-state index in [1.807, 2.05) is 0 Å². The largest absolute Gasteiger partial charge is 0.501 e. The zero-order valence-corrected chi connectivity index (χ0v) is 7.36. The van der Waals surface area contributed by atoms with Crippen LogP contribution in [0.1, 0.15) is 13.8 Å². The number of ketones is 2. The number of carboxylic acids is 1. The van der Waals surface area contributed by atoms with Crippen molar-refractivity contribution in [2.45, 2.75) is 13.8 Å². The Morgan fingerprint density at radius 1 is 1.38 bits per heavy atom. The predicted octanol–water partition coefficient (Wildman–Crippen LogP) is 0.149. The number of aliphatic carboxylic acids is 1. The molecule has 0 saturated heterocycles. The lowest BCUT2D eigenvalue weighted by Gasteiger charge is -1.98. The first-order valence-corrected chi connectivity index (χ1v) is 3.61. The van der Waals surface area contributed by atoms with Gasteiger partial charge in [-0.05, 0) is 13.8 Å². The normalized spacial score (nSPS) is 10.8. The monoisotopic (exact) mass is 186 g/mol. The molecule has 0 amide bonds. The summed E-state index contributed by atoms with van der Waals surface area (Å²) in [4.78, 5) is 31.8. The van der Waals surface area contributed by atoms with E-state index < -0.39 is 23.1 Å². The van der Waals surface area contributed by atoms with Gasteiger partial charge < -0.3 is 9.84 Å². The Kier molecular flexibility index (Phi) is 4.43. The molecule has 0 saturated carbocycles. The third-order valence-electron chi connectivity index (χ3n) is 1.19. The lowest BCUT2D eigenvalue weighted by atomic mass is 10.1. The van der Waals surface area contributed by atoms with Crippen LogP contribution in [0.15, 0.2) is 11.8 Å². The summed E-state index contributed by atoms with van der Waals surface area (Å²) in [7, 11) is 0. The lowest BCUT2D eigenvalue weighted by Crippen LogP contribution is -2.19. The molecule has 0 aromatic carbocycles. The van der Waals surface area contributed by atoms with Gasteiger partial charge in [0.2, 0.25) is 0 Å². The molecule has 0 radical (unpaired) electrons. The molecule has 0 aliphatic rings. The summed E-state index contributed by atoms with van der Waals surface area (Å²) >= 11 is 0. The van der Waals surface area contributed by atoms with Gasteiger partial charge in [-0.15, -0.1) is 0 Å². The molecule has 0 fully saturated rings. The smallest absolute Gasteiger partial charge is 0.377 e. The summed E-state index contributed by atoms with van der Waals surface area (Å²) < 4.78 is 4.66. The van der Waals surface area contributed by atoms with Crippen LogP contribution in [-0.2, 0) is 19.1 Å². The summed E-state index contributed by atoms with van der Waals surface area (Å²) in [6.07, 6.45) is 0.874. The maximum absolute atomic E-state index is 10.8. The zero-order chi connectivity index (χ0) is 10.4. The van der Waals surface area contributed by atoms with E-state index in [9.17, 15) is 14.4 Å². The van der Waals surface area contributed by atoms with Crippen molar-refractivity contribution in [3.05, 3.63) is 11.8 Å². The van der Waals surface area contributed by atoms with E-state index in [1.54, 1.807) is 6.92 Å². The fourth-order valence-electron chi connectivity index (χ4n) is 0.578. The minimum atomic E-state index is -1.67. The van der Waals surface area contributed by atoms with Gasteiger partial charge in [0, 0.05) is 0 Å². The topological polar surface area (TPSA) is 80.7 Å². The summed E-state index contributed by atoms with van der Waals surface area (Å²) in [6.45, 7) is 3.02. The molecule has 72 valence electrons. The van der Waals surface area contributed by atoms with Crippen molar-refractivity contribution < 1.29 is 24.2 Å². The third kappa shape index (κ3) is 3.50. The summed E-state index contributed by atoms with van der Waals surface area (Å²) in [5.41, 5.74) is -0.450. The number of hydrogen-bond donors (Lipinski definition) is 1. The van der Waals surface area contributed by atoms with Gasteiger partial charge in [0.25, 0.3) is 5.78 Å². The highest BCUT2D eigenvalue weighted by Gasteiger charge is 2.21. The van der Waals surface area contributed by atoms with Crippen LogP contribution in [0.4, 0.5) is 0 Å². The molecule has 0 bridgehead atoms. The fraction of sp³-hybridized carbons (Fsp3) is 0.375. The molecular weight excluding hydrogens is 176 g/mol. The number of Topliss-reactive ketones (excluding diaryl/α,β-unsaturated/α-hetero) is 2. The minimum Gasteiger partial charge on any atom is -0.501 e. The third-order valence-corrected chi connectivity index (χ3v) is 1.19. The first kappa shape index (κ1) is 11.4. The number of carbonyl (C=O) groups is 3. The summed E-state index contributed by atoms with van der Waals surface area (Å²) in [6, 6.07) is 0. The van der Waals surface area contributed by atoms with Gasteiger partial charge in [0.05, 0.1) is 12.9 Å². The molecule has 13 heavy (non-hydrogen) atoms. The molecule has 0 heterocycles. The average molecular weight is 186 g/mol. The second-order valence-electron chi connectivity index (χ2n) is 2.18. The maximum atomic E-state index is 10.8. The Morgan fingerprint density at radius 3 is 2.23 bits per heavy atom. The van der Waals surface area contributed by atoms with E-state index in [0.717, 1.165) is 13.2 Å². The van der Waals surface area contributed by atoms with Crippen molar-refractivity contribution in [2.75, 3.05) is 6.61 Å². The van der Waals surface area contributed by atoms with Gasteiger partial charge in [-0.2, -0.15) is 0 Å². The minimum absolute atomic E-state index is 0.268. The second kappa shape index (κ2) is 5.08. The number of carboxylic acid groups (broad SMARTS) is 1. The predicted molar refractivity (Wildman–Crippen MR) is 43.0 cm³/mol. The van der Waals surface area contributed by atoms with Crippen molar-refractivity contribution in [1.29, 1.82) is 0 Å². The van der Waals surface area contributed by atoms with Crippen LogP contribution in [-0.4, -0.2) is 29.2 Å². The van der Waals surface area contributed by atoms with E-state index in [-0.39, 0.29) is 6.61 Å². The van der Waals surface area contributed by atoms with Gasteiger partial charge in [-0.3, -0.25) is 9.59 Å². The number of carbonyl (C=O) groups excluding carboxylic acids is 2. The van der Waals surface area contributed by atoms with Crippen molar-refractivity contribution in [3.63, 3.8) is 0 Å². The Hall–Kier alpha value is -1.65. The van der Waals surface area contributed by atoms with E-state index >= 15 is 0 Å². The molecular formula is C8H10O5. The molecule has 0 atom stereocenters. The van der Waals surface area contributed by atoms with Crippen LogP contribution in [0.25, 0.3) is 0 Å². The summed E-state index contributed by atoms with van der Waals surface area (Å²) in [5, 5.41) is 8.30. The molecule has 5 heteroatoms. The highest BCUT2D eigenvalue weighted by atomic mass is 16.5. The van der Waals surface area contributed by atoms with Gasteiger partial charge in [0.15, 0.2) is 5.78 Å². The van der Waals surface area contributed by atoms with E-state index in [2.05, 4.69) is 4.74 Å². The zero-order valence-electron chi connectivity index (χ0n) is 7.36. The Labute approximate surface area is 75.0 Å². The van der Waals surface area contributed by atoms with E-state index in [1.165, 1.54) is 0 Å². The molecule has 5 nitrogen and oxygen atoms in total. The molecule has 0 aliphatic heterocycles. The van der Waals surface area contributed by atoms with Crippen LogP contribution < -0.4 is 0 Å². The lowest BCUT2D eigenvalue weighted by molar-refractivity contribution is -0.147. The maximum Gasteiger partial charge on any atom is 0.377 e. The number of hydrogen-bond acceptors (Lipinski definition) is 4. The Bertz CT molecular complexity index is 264. The number of rotatable bonds is 5. The van der Waals surface area contributed by atoms with Gasteiger partial charge in [-0.25, -0.2) is 4.79 Å². The standard InChI is InChI=1S/C8H10O5/c1-3-13-4-6(5(2)9)7(10)8(11)12/h4H,3H2,1-2H3,(H,11,12)/b6-4+. The van der Waals surface area contributed by atoms with E-state index in [0.29, 0.717) is 0 Å².